The predicted molar refractivity (Wildman–Crippen MR) is 114 cm³/mol. The number of carbonyl (C=O) groups excluding carboxylic acids is 1. The van der Waals surface area contributed by atoms with E-state index < -0.39 is 0 Å². The number of nitrogen functional groups attached to an aromatic ring is 1. The summed E-state index contributed by atoms with van der Waals surface area (Å²) in [5.41, 5.74) is 8.94. The fourth-order valence-electron chi connectivity index (χ4n) is 2.89. The Morgan fingerprint density at radius 1 is 1.18 bits per heavy atom. The Hall–Kier alpha value is -2.96. The molecule has 0 atom stereocenters. The van der Waals surface area contributed by atoms with Crippen molar-refractivity contribution in [3.63, 3.8) is 0 Å². The molecule has 7 heteroatoms. The lowest BCUT2D eigenvalue weighted by atomic mass is 10.1. The van der Waals surface area contributed by atoms with E-state index in [4.69, 9.17) is 17.3 Å². The highest BCUT2D eigenvalue weighted by Crippen LogP contribution is 2.35. The molecule has 4 rings (SSSR count). The van der Waals surface area contributed by atoms with Gasteiger partial charge in [-0.2, -0.15) is 0 Å². The summed E-state index contributed by atoms with van der Waals surface area (Å²) in [6.07, 6.45) is 0. The topological polar surface area (TPSA) is 68.0 Å². The number of amides is 1. The number of nitrogens with two attached hydrogens (primary N) is 1. The summed E-state index contributed by atoms with van der Waals surface area (Å²) in [5, 5.41) is 4.04. The van der Waals surface area contributed by atoms with Gasteiger partial charge in [-0.25, -0.2) is 9.37 Å². The largest absolute Gasteiger partial charge is 0.397 e. The highest BCUT2D eigenvalue weighted by atomic mass is 35.5. The van der Waals surface area contributed by atoms with E-state index in [0.717, 1.165) is 5.56 Å². The molecular weight excluding hydrogens is 397 g/mol. The molecule has 0 saturated carbocycles. The number of aryl methyl sites for hydroxylation is 1. The summed E-state index contributed by atoms with van der Waals surface area (Å²) in [7, 11) is 0. The molecule has 0 aliphatic rings. The standard InChI is InChI=1S/C21H15ClFN3OS/c1-11-6-7-12(22)10-17(11)25-20(27)19-18(24)14-8-9-16(26-21(14)28-19)13-4-2-3-5-15(13)23/h2-10H,24H2,1H3,(H,25,27). The molecule has 0 bridgehead atoms. The summed E-state index contributed by atoms with van der Waals surface area (Å²) < 4.78 is 14.1. The third-order valence-electron chi connectivity index (χ3n) is 4.40. The Bertz CT molecular complexity index is 1220. The number of hydrogen-bond donors (Lipinski definition) is 2. The zero-order valence-corrected chi connectivity index (χ0v) is 16.4. The number of aromatic nitrogens is 1. The molecule has 28 heavy (non-hydrogen) atoms. The van der Waals surface area contributed by atoms with Crippen molar-refractivity contribution in [3.05, 3.63) is 75.9 Å². The van der Waals surface area contributed by atoms with Gasteiger partial charge in [0.05, 0.1) is 11.4 Å². The quantitative estimate of drug-likeness (QED) is 0.441. The van der Waals surface area contributed by atoms with Crippen LogP contribution in [-0.4, -0.2) is 10.9 Å². The zero-order valence-electron chi connectivity index (χ0n) is 14.8. The van der Waals surface area contributed by atoms with Gasteiger partial charge < -0.3 is 11.1 Å². The van der Waals surface area contributed by atoms with Crippen LogP contribution < -0.4 is 11.1 Å². The highest BCUT2D eigenvalue weighted by molar-refractivity contribution is 7.21. The van der Waals surface area contributed by atoms with Crippen molar-refractivity contribution >= 4 is 50.4 Å². The van der Waals surface area contributed by atoms with Crippen LogP contribution in [0.1, 0.15) is 15.2 Å². The predicted octanol–water partition coefficient (Wildman–Crippen LogP) is 5.90. The van der Waals surface area contributed by atoms with E-state index in [1.165, 1.54) is 17.4 Å². The highest BCUT2D eigenvalue weighted by Gasteiger charge is 2.19. The minimum absolute atomic E-state index is 0.335. The van der Waals surface area contributed by atoms with Gasteiger partial charge in [0.15, 0.2) is 0 Å². The molecule has 0 radical (unpaired) electrons. The number of halogens is 2. The maximum absolute atomic E-state index is 14.1. The van der Waals surface area contributed by atoms with Crippen molar-refractivity contribution in [3.8, 4) is 11.3 Å². The molecule has 4 aromatic rings. The molecule has 0 unspecified atom stereocenters. The van der Waals surface area contributed by atoms with Gasteiger partial charge in [-0.15, -0.1) is 11.3 Å². The second-order valence-corrected chi connectivity index (χ2v) is 7.72. The minimum Gasteiger partial charge on any atom is -0.397 e. The van der Waals surface area contributed by atoms with Crippen LogP contribution in [0.2, 0.25) is 5.02 Å². The third-order valence-corrected chi connectivity index (χ3v) is 5.75. The third kappa shape index (κ3) is 3.32. The van der Waals surface area contributed by atoms with Gasteiger partial charge in [0, 0.05) is 21.7 Å². The van der Waals surface area contributed by atoms with Gasteiger partial charge in [0.25, 0.3) is 5.91 Å². The lowest BCUT2D eigenvalue weighted by Gasteiger charge is -2.08. The minimum atomic E-state index is -0.353. The number of hydrogen-bond acceptors (Lipinski definition) is 4. The van der Waals surface area contributed by atoms with Crippen molar-refractivity contribution in [1.82, 2.24) is 4.98 Å². The second-order valence-electron chi connectivity index (χ2n) is 6.29. The Balaban J connectivity index is 1.72. The number of carbonyl (C=O) groups is 1. The number of nitrogens with one attached hydrogen (secondary N) is 1. The normalized spacial score (nSPS) is 11.0. The average molecular weight is 412 g/mol. The van der Waals surface area contributed by atoms with Gasteiger partial charge in [0.1, 0.15) is 15.5 Å². The molecule has 0 aliphatic heterocycles. The van der Waals surface area contributed by atoms with Crippen molar-refractivity contribution in [2.75, 3.05) is 11.1 Å². The average Bonchev–Trinajstić information content (AvgIpc) is 3.01. The van der Waals surface area contributed by atoms with Crippen LogP contribution in [0.15, 0.2) is 54.6 Å². The van der Waals surface area contributed by atoms with E-state index in [9.17, 15) is 9.18 Å². The number of anilines is 2. The van der Waals surface area contributed by atoms with E-state index in [-0.39, 0.29) is 11.7 Å². The van der Waals surface area contributed by atoms with Crippen molar-refractivity contribution in [2.24, 2.45) is 0 Å². The fourth-order valence-corrected chi connectivity index (χ4v) is 4.05. The summed E-state index contributed by atoms with van der Waals surface area (Å²) in [6, 6.07) is 15.2. The maximum atomic E-state index is 14.1. The molecule has 3 N–H and O–H groups in total. The molecule has 0 aliphatic carbocycles. The van der Waals surface area contributed by atoms with Crippen LogP contribution in [0.3, 0.4) is 0 Å². The van der Waals surface area contributed by atoms with Gasteiger partial charge in [-0.1, -0.05) is 29.8 Å². The molecule has 2 aromatic heterocycles. The number of nitrogens with zero attached hydrogens (tertiary/aromatic N) is 1. The fraction of sp³-hybridized carbons (Fsp3) is 0.0476. The number of fused-ring (bicyclic) bond motifs is 1. The van der Waals surface area contributed by atoms with Crippen LogP contribution in [0.25, 0.3) is 21.5 Å². The molecular formula is C21H15ClFN3OS. The monoisotopic (exact) mass is 411 g/mol. The zero-order chi connectivity index (χ0) is 19.8. The smallest absolute Gasteiger partial charge is 0.267 e. The van der Waals surface area contributed by atoms with Gasteiger partial charge >= 0.3 is 0 Å². The Morgan fingerprint density at radius 3 is 2.75 bits per heavy atom. The Kier molecular flexibility index (Phi) is 4.75. The number of rotatable bonds is 3. The first-order valence-electron chi connectivity index (χ1n) is 8.45. The van der Waals surface area contributed by atoms with E-state index in [2.05, 4.69) is 10.3 Å². The van der Waals surface area contributed by atoms with Crippen LogP contribution in [0, 0.1) is 12.7 Å². The summed E-state index contributed by atoms with van der Waals surface area (Å²) >= 11 is 7.19. The molecule has 0 saturated heterocycles. The summed E-state index contributed by atoms with van der Waals surface area (Å²) in [6.45, 7) is 1.88. The van der Waals surface area contributed by atoms with E-state index in [1.807, 2.05) is 13.0 Å². The Labute approximate surface area is 169 Å². The van der Waals surface area contributed by atoms with E-state index >= 15 is 0 Å². The molecule has 140 valence electrons. The first-order valence-corrected chi connectivity index (χ1v) is 9.65. The van der Waals surface area contributed by atoms with Crippen LogP contribution in [0.5, 0.6) is 0 Å². The first-order chi connectivity index (χ1) is 13.4. The lowest BCUT2D eigenvalue weighted by Crippen LogP contribution is -2.12. The number of benzene rings is 2. The Morgan fingerprint density at radius 2 is 1.96 bits per heavy atom. The second kappa shape index (κ2) is 7.22. The molecule has 2 aromatic carbocycles. The molecule has 4 nitrogen and oxygen atoms in total. The number of thiophene rings is 1. The van der Waals surface area contributed by atoms with E-state index in [1.54, 1.807) is 42.5 Å². The first kappa shape index (κ1) is 18.4. The van der Waals surface area contributed by atoms with Crippen molar-refractivity contribution in [2.45, 2.75) is 6.92 Å². The summed E-state index contributed by atoms with van der Waals surface area (Å²) in [5.74, 6) is -0.688. The SMILES string of the molecule is Cc1ccc(Cl)cc1NC(=O)c1sc2nc(-c3ccccc3F)ccc2c1N. The lowest BCUT2D eigenvalue weighted by molar-refractivity contribution is 0.103. The molecule has 0 spiro atoms. The van der Waals surface area contributed by atoms with Crippen LogP contribution >= 0.6 is 22.9 Å². The van der Waals surface area contributed by atoms with Crippen molar-refractivity contribution < 1.29 is 9.18 Å². The molecule has 0 fully saturated rings. The molecule has 1 amide bonds. The van der Waals surface area contributed by atoms with Crippen LogP contribution in [-0.2, 0) is 0 Å². The van der Waals surface area contributed by atoms with Crippen LogP contribution in [0.4, 0.5) is 15.8 Å². The maximum Gasteiger partial charge on any atom is 0.267 e. The van der Waals surface area contributed by atoms with Gasteiger partial charge in [0.2, 0.25) is 0 Å². The van der Waals surface area contributed by atoms with Crippen molar-refractivity contribution in [1.29, 1.82) is 0 Å². The van der Waals surface area contributed by atoms with E-state index in [0.29, 0.717) is 42.7 Å². The number of pyridine rings is 1. The van der Waals surface area contributed by atoms with Gasteiger partial charge in [-0.05, 0) is 48.9 Å². The molecule has 2 heterocycles. The van der Waals surface area contributed by atoms with Gasteiger partial charge in [-0.3, -0.25) is 4.79 Å². The summed E-state index contributed by atoms with van der Waals surface area (Å²) in [4.78, 5) is 18.2.